The molecule has 1 amide bonds. The zero-order valence-electron chi connectivity index (χ0n) is 11.4. The molecular weight excluding hydrogens is 226 g/mol. The van der Waals surface area contributed by atoms with Gasteiger partial charge in [0.05, 0.1) is 6.20 Å². The maximum Gasteiger partial charge on any atom is 0.223 e. The summed E-state index contributed by atoms with van der Waals surface area (Å²) in [7, 11) is 0. The predicted octanol–water partition coefficient (Wildman–Crippen LogP) is 2.41. The molecule has 0 saturated heterocycles. The Morgan fingerprint density at radius 3 is 2.78 bits per heavy atom. The van der Waals surface area contributed by atoms with Gasteiger partial charge in [-0.05, 0) is 26.7 Å². The Morgan fingerprint density at radius 2 is 2.17 bits per heavy atom. The van der Waals surface area contributed by atoms with E-state index < -0.39 is 0 Å². The summed E-state index contributed by atoms with van der Waals surface area (Å²) in [5.74, 6) is 0.457. The number of nitrogens with one attached hydrogen (secondary N) is 1. The summed E-state index contributed by atoms with van der Waals surface area (Å²) in [5.41, 5.74) is 2.28. The molecule has 1 N–H and O–H groups in total. The summed E-state index contributed by atoms with van der Waals surface area (Å²) in [5, 5.41) is 7.34. The topological polar surface area (TPSA) is 46.9 Å². The summed E-state index contributed by atoms with van der Waals surface area (Å²) in [6.07, 6.45) is 7.65. The molecule has 100 valence electrons. The zero-order chi connectivity index (χ0) is 13.0. The van der Waals surface area contributed by atoms with E-state index in [0.717, 1.165) is 30.6 Å². The fraction of sp³-hybridized carbons (Fsp3) is 0.714. The van der Waals surface area contributed by atoms with Crippen LogP contribution in [0.3, 0.4) is 0 Å². The minimum absolute atomic E-state index is 0.221. The SMILES string of the molecule is CCn1ncc(CNC(=O)C2CCCCC2)c1C. The van der Waals surface area contributed by atoms with E-state index in [1.807, 2.05) is 10.9 Å². The molecule has 1 aliphatic carbocycles. The number of hydrogen-bond acceptors (Lipinski definition) is 2. The molecule has 1 aromatic rings. The van der Waals surface area contributed by atoms with E-state index in [4.69, 9.17) is 0 Å². The second-order valence-electron chi connectivity index (χ2n) is 5.12. The van der Waals surface area contributed by atoms with E-state index >= 15 is 0 Å². The van der Waals surface area contributed by atoms with Crippen LogP contribution in [-0.4, -0.2) is 15.7 Å². The molecule has 0 bridgehead atoms. The van der Waals surface area contributed by atoms with Crippen molar-refractivity contribution in [1.82, 2.24) is 15.1 Å². The smallest absolute Gasteiger partial charge is 0.223 e. The molecular formula is C14H23N3O. The summed E-state index contributed by atoms with van der Waals surface area (Å²) < 4.78 is 1.96. The molecule has 1 saturated carbocycles. The fourth-order valence-corrected chi connectivity index (χ4v) is 2.67. The maximum absolute atomic E-state index is 12.0. The van der Waals surface area contributed by atoms with Crippen molar-refractivity contribution in [1.29, 1.82) is 0 Å². The predicted molar refractivity (Wildman–Crippen MR) is 71.1 cm³/mol. The van der Waals surface area contributed by atoms with Crippen molar-refractivity contribution >= 4 is 5.91 Å². The summed E-state index contributed by atoms with van der Waals surface area (Å²) in [4.78, 5) is 12.0. The Hall–Kier alpha value is -1.32. The Balaban J connectivity index is 1.86. The number of carbonyl (C=O) groups excluding carboxylic acids is 1. The van der Waals surface area contributed by atoms with Crippen LogP contribution in [0.4, 0.5) is 0 Å². The molecule has 0 radical (unpaired) electrons. The van der Waals surface area contributed by atoms with E-state index in [1.54, 1.807) is 0 Å². The number of nitrogens with zero attached hydrogens (tertiary/aromatic N) is 2. The average molecular weight is 249 g/mol. The number of aromatic nitrogens is 2. The van der Waals surface area contributed by atoms with Crippen molar-refractivity contribution in [2.24, 2.45) is 5.92 Å². The molecule has 2 rings (SSSR count). The fourth-order valence-electron chi connectivity index (χ4n) is 2.67. The first-order valence-corrected chi connectivity index (χ1v) is 7.01. The minimum atomic E-state index is 0.221. The average Bonchev–Trinajstić information content (AvgIpc) is 2.77. The zero-order valence-corrected chi connectivity index (χ0v) is 11.4. The van der Waals surface area contributed by atoms with Crippen molar-refractivity contribution in [2.45, 2.75) is 59.0 Å². The number of carbonyl (C=O) groups is 1. The molecule has 4 nitrogen and oxygen atoms in total. The highest BCUT2D eigenvalue weighted by Gasteiger charge is 2.20. The molecule has 1 fully saturated rings. The largest absolute Gasteiger partial charge is 0.352 e. The number of aryl methyl sites for hydroxylation is 1. The highest BCUT2D eigenvalue weighted by Crippen LogP contribution is 2.23. The molecule has 4 heteroatoms. The van der Waals surface area contributed by atoms with Gasteiger partial charge in [0.1, 0.15) is 0 Å². The van der Waals surface area contributed by atoms with Gasteiger partial charge in [0, 0.05) is 30.3 Å². The van der Waals surface area contributed by atoms with E-state index in [9.17, 15) is 4.79 Å². The minimum Gasteiger partial charge on any atom is -0.352 e. The lowest BCUT2D eigenvalue weighted by Gasteiger charge is -2.20. The van der Waals surface area contributed by atoms with Crippen molar-refractivity contribution in [3.63, 3.8) is 0 Å². The van der Waals surface area contributed by atoms with Gasteiger partial charge < -0.3 is 5.32 Å². The van der Waals surface area contributed by atoms with Crippen molar-refractivity contribution in [3.05, 3.63) is 17.5 Å². The van der Waals surface area contributed by atoms with Crippen LogP contribution in [0, 0.1) is 12.8 Å². The van der Waals surface area contributed by atoms with Crippen molar-refractivity contribution < 1.29 is 4.79 Å². The molecule has 0 aromatic carbocycles. The maximum atomic E-state index is 12.0. The van der Waals surface area contributed by atoms with Gasteiger partial charge in [-0.2, -0.15) is 5.10 Å². The standard InChI is InChI=1S/C14H23N3O/c1-3-17-11(2)13(10-16-17)9-15-14(18)12-7-5-4-6-8-12/h10,12H,3-9H2,1-2H3,(H,15,18). The Morgan fingerprint density at radius 1 is 1.44 bits per heavy atom. The quantitative estimate of drug-likeness (QED) is 0.890. The monoisotopic (exact) mass is 249 g/mol. The molecule has 0 atom stereocenters. The normalized spacial score (nSPS) is 16.8. The first-order valence-electron chi connectivity index (χ1n) is 7.01. The molecule has 18 heavy (non-hydrogen) atoms. The number of amides is 1. The van der Waals surface area contributed by atoms with Crippen LogP contribution in [0.25, 0.3) is 0 Å². The van der Waals surface area contributed by atoms with Crippen LogP contribution >= 0.6 is 0 Å². The lowest BCUT2D eigenvalue weighted by molar-refractivity contribution is -0.126. The third-order valence-electron chi connectivity index (χ3n) is 3.93. The van der Waals surface area contributed by atoms with Crippen LogP contribution < -0.4 is 5.32 Å². The van der Waals surface area contributed by atoms with Crippen molar-refractivity contribution in [2.75, 3.05) is 0 Å². The van der Waals surface area contributed by atoms with Gasteiger partial charge in [0.15, 0.2) is 0 Å². The van der Waals surface area contributed by atoms with Gasteiger partial charge in [-0.1, -0.05) is 19.3 Å². The number of rotatable bonds is 4. The highest BCUT2D eigenvalue weighted by molar-refractivity contribution is 5.78. The Bertz CT molecular complexity index is 405. The van der Waals surface area contributed by atoms with Crippen LogP contribution in [0.15, 0.2) is 6.20 Å². The van der Waals surface area contributed by atoms with Gasteiger partial charge >= 0.3 is 0 Å². The summed E-state index contributed by atoms with van der Waals surface area (Å²) in [6.45, 7) is 5.62. The molecule has 1 aromatic heterocycles. The van der Waals surface area contributed by atoms with Gasteiger partial charge in [0.25, 0.3) is 0 Å². The van der Waals surface area contributed by atoms with E-state index in [0.29, 0.717) is 6.54 Å². The van der Waals surface area contributed by atoms with Crippen molar-refractivity contribution in [3.8, 4) is 0 Å². The second-order valence-corrected chi connectivity index (χ2v) is 5.12. The van der Waals surface area contributed by atoms with Crippen LogP contribution in [0.1, 0.15) is 50.3 Å². The third-order valence-corrected chi connectivity index (χ3v) is 3.93. The highest BCUT2D eigenvalue weighted by atomic mass is 16.1. The summed E-state index contributed by atoms with van der Waals surface area (Å²) in [6, 6.07) is 0. The van der Waals surface area contributed by atoms with E-state index in [-0.39, 0.29) is 11.8 Å². The lowest BCUT2D eigenvalue weighted by atomic mass is 9.88. The molecule has 0 unspecified atom stereocenters. The van der Waals surface area contributed by atoms with Crippen LogP contribution in [0.5, 0.6) is 0 Å². The number of hydrogen-bond donors (Lipinski definition) is 1. The van der Waals surface area contributed by atoms with Gasteiger partial charge in [-0.25, -0.2) is 0 Å². The van der Waals surface area contributed by atoms with E-state index in [1.165, 1.54) is 19.3 Å². The molecule has 1 heterocycles. The first-order chi connectivity index (χ1) is 8.72. The summed E-state index contributed by atoms with van der Waals surface area (Å²) >= 11 is 0. The van der Waals surface area contributed by atoms with Gasteiger partial charge in [0.2, 0.25) is 5.91 Å². The molecule has 0 aliphatic heterocycles. The van der Waals surface area contributed by atoms with Crippen LogP contribution in [0.2, 0.25) is 0 Å². The third kappa shape index (κ3) is 2.92. The first kappa shape index (κ1) is 13.1. The van der Waals surface area contributed by atoms with Gasteiger partial charge in [-0.15, -0.1) is 0 Å². The second kappa shape index (κ2) is 6.03. The van der Waals surface area contributed by atoms with E-state index in [2.05, 4.69) is 24.3 Å². The Kier molecular flexibility index (Phi) is 4.39. The van der Waals surface area contributed by atoms with Crippen LogP contribution in [-0.2, 0) is 17.9 Å². The lowest BCUT2D eigenvalue weighted by Crippen LogP contribution is -2.31. The van der Waals surface area contributed by atoms with Gasteiger partial charge in [-0.3, -0.25) is 9.48 Å². The Labute approximate surface area is 109 Å². The molecule has 0 spiro atoms. The molecule has 1 aliphatic rings.